The number of rotatable bonds is 5. The van der Waals surface area contributed by atoms with Crippen LogP contribution in [0.1, 0.15) is 41.6 Å². The number of hydrogen-bond acceptors (Lipinski definition) is 7. The van der Waals surface area contributed by atoms with Crippen molar-refractivity contribution in [1.29, 1.82) is 0 Å². The zero-order chi connectivity index (χ0) is 19.5. The molecular weight excluding hydrogens is 356 g/mol. The van der Waals surface area contributed by atoms with E-state index in [1.165, 1.54) is 5.56 Å². The third-order valence-corrected chi connectivity index (χ3v) is 5.23. The Bertz CT molecular complexity index is 962. The number of benzene rings is 1. The molecule has 7 nitrogen and oxygen atoms in total. The van der Waals surface area contributed by atoms with Gasteiger partial charge in [0.15, 0.2) is 0 Å². The summed E-state index contributed by atoms with van der Waals surface area (Å²) in [5.74, 6) is 0.833. The molecule has 28 heavy (non-hydrogen) atoms. The van der Waals surface area contributed by atoms with Crippen LogP contribution in [0.3, 0.4) is 0 Å². The Morgan fingerprint density at radius 2 is 1.96 bits per heavy atom. The molecule has 0 atom stereocenters. The molecule has 4 rings (SSSR count). The average molecular weight is 380 g/mol. The summed E-state index contributed by atoms with van der Waals surface area (Å²) in [5, 5.41) is 4.78. The third-order valence-electron chi connectivity index (χ3n) is 5.23. The number of anilines is 1. The van der Waals surface area contributed by atoms with E-state index in [4.69, 9.17) is 9.26 Å². The fraction of sp³-hybridized carbons (Fsp3) is 0.429. The lowest BCUT2D eigenvalue weighted by atomic mass is 9.90. The van der Waals surface area contributed by atoms with E-state index in [1.807, 2.05) is 6.92 Å². The Morgan fingerprint density at radius 3 is 2.68 bits per heavy atom. The lowest BCUT2D eigenvalue weighted by Gasteiger charge is -2.33. The second-order valence-corrected chi connectivity index (χ2v) is 7.16. The van der Waals surface area contributed by atoms with Crippen LogP contribution in [-0.4, -0.2) is 40.8 Å². The molecule has 146 valence electrons. The van der Waals surface area contributed by atoms with Gasteiger partial charge in [-0.1, -0.05) is 35.5 Å². The van der Waals surface area contributed by atoms with Crippen LogP contribution in [0.15, 0.2) is 34.9 Å². The molecule has 0 radical (unpaired) electrons. The molecule has 3 heterocycles. The maximum absolute atomic E-state index is 12.2. The van der Waals surface area contributed by atoms with Gasteiger partial charge in [0.05, 0.1) is 12.3 Å². The van der Waals surface area contributed by atoms with Gasteiger partial charge in [-0.3, -0.25) is 0 Å². The summed E-state index contributed by atoms with van der Waals surface area (Å²) >= 11 is 0. The van der Waals surface area contributed by atoms with Crippen LogP contribution in [0, 0.1) is 12.8 Å². The van der Waals surface area contributed by atoms with Crippen molar-refractivity contribution in [3.8, 4) is 0 Å². The molecule has 0 aliphatic carbocycles. The van der Waals surface area contributed by atoms with E-state index >= 15 is 0 Å². The topological polar surface area (TPSA) is 81.4 Å². The molecule has 1 saturated heterocycles. The predicted molar refractivity (Wildman–Crippen MR) is 105 cm³/mol. The van der Waals surface area contributed by atoms with Crippen molar-refractivity contribution in [2.75, 3.05) is 24.6 Å². The van der Waals surface area contributed by atoms with Crippen molar-refractivity contribution in [2.24, 2.45) is 5.92 Å². The van der Waals surface area contributed by atoms with Crippen LogP contribution in [-0.2, 0) is 11.2 Å². The summed E-state index contributed by atoms with van der Waals surface area (Å²) in [6.45, 7) is 5.64. The number of piperidine rings is 1. The van der Waals surface area contributed by atoms with Gasteiger partial charge in [-0.2, -0.15) is 4.98 Å². The molecule has 7 heteroatoms. The molecule has 0 saturated carbocycles. The highest BCUT2D eigenvalue weighted by atomic mass is 16.5. The minimum Gasteiger partial charge on any atom is -0.460 e. The molecular formula is C21H24N4O3. The number of nitrogens with zero attached hydrogens (tertiary/aromatic N) is 4. The molecule has 0 amide bonds. The van der Waals surface area contributed by atoms with Gasteiger partial charge in [-0.05, 0) is 44.6 Å². The Morgan fingerprint density at radius 1 is 1.21 bits per heavy atom. The second-order valence-electron chi connectivity index (χ2n) is 7.16. The van der Waals surface area contributed by atoms with Crippen LogP contribution >= 0.6 is 0 Å². The van der Waals surface area contributed by atoms with Crippen molar-refractivity contribution >= 4 is 22.9 Å². The van der Waals surface area contributed by atoms with Gasteiger partial charge < -0.3 is 14.2 Å². The second kappa shape index (κ2) is 7.96. The summed E-state index contributed by atoms with van der Waals surface area (Å²) < 4.78 is 10.4. The minimum atomic E-state index is -0.543. The van der Waals surface area contributed by atoms with Gasteiger partial charge in [0.25, 0.3) is 5.71 Å². The standard InChI is InChI=1S/C21H24N4O3/c1-3-27-21(26)18-22-19(17-14(2)24-28-20(17)23-18)25-11-9-16(10-12-25)13-15-7-5-4-6-8-15/h4-8,16H,3,9-13H2,1-2H3. The molecule has 3 aromatic rings. The molecule has 0 spiro atoms. The Kier molecular flexibility index (Phi) is 5.23. The first kappa shape index (κ1) is 18.4. The molecule has 2 aromatic heterocycles. The third kappa shape index (κ3) is 3.69. The average Bonchev–Trinajstić information content (AvgIpc) is 3.10. The molecule has 0 unspecified atom stereocenters. The van der Waals surface area contributed by atoms with E-state index in [2.05, 4.69) is 50.4 Å². The highest BCUT2D eigenvalue weighted by Gasteiger charge is 2.26. The summed E-state index contributed by atoms with van der Waals surface area (Å²) in [6.07, 6.45) is 3.23. The van der Waals surface area contributed by atoms with Crippen LogP contribution in [0.25, 0.3) is 11.1 Å². The zero-order valence-corrected chi connectivity index (χ0v) is 16.2. The van der Waals surface area contributed by atoms with Crippen molar-refractivity contribution in [2.45, 2.75) is 33.1 Å². The predicted octanol–water partition coefficient (Wildman–Crippen LogP) is 3.56. The van der Waals surface area contributed by atoms with E-state index in [1.54, 1.807) is 6.92 Å². The fourth-order valence-electron chi connectivity index (χ4n) is 3.78. The van der Waals surface area contributed by atoms with Gasteiger partial charge in [0.2, 0.25) is 5.82 Å². The van der Waals surface area contributed by atoms with E-state index < -0.39 is 5.97 Å². The van der Waals surface area contributed by atoms with Crippen LogP contribution in [0.4, 0.5) is 5.82 Å². The van der Waals surface area contributed by atoms with Gasteiger partial charge in [-0.25, -0.2) is 9.78 Å². The van der Waals surface area contributed by atoms with Gasteiger partial charge >= 0.3 is 5.97 Å². The molecule has 0 N–H and O–H groups in total. The van der Waals surface area contributed by atoms with Gasteiger partial charge in [0, 0.05) is 13.1 Å². The number of carbonyl (C=O) groups is 1. The fourth-order valence-corrected chi connectivity index (χ4v) is 3.78. The van der Waals surface area contributed by atoms with E-state index in [0.29, 0.717) is 17.4 Å². The molecule has 1 aromatic carbocycles. The molecule has 1 aliphatic rings. The summed E-state index contributed by atoms with van der Waals surface area (Å²) in [6, 6.07) is 10.6. The number of aromatic nitrogens is 3. The quantitative estimate of drug-likeness (QED) is 0.626. The molecule has 0 bridgehead atoms. The maximum atomic E-state index is 12.2. The Balaban J connectivity index is 1.55. The highest BCUT2D eigenvalue weighted by molar-refractivity contribution is 5.93. The normalized spacial score (nSPS) is 15.1. The first-order valence-corrected chi connectivity index (χ1v) is 9.75. The van der Waals surface area contributed by atoms with Crippen LogP contribution in [0.2, 0.25) is 0 Å². The number of hydrogen-bond donors (Lipinski definition) is 0. The SMILES string of the molecule is CCOC(=O)c1nc(N2CCC(Cc3ccccc3)CC2)c2c(C)noc2n1. The zero-order valence-electron chi connectivity index (χ0n) is 16.2. The Hall–Kier alpha value is -2.96. The first-order valence-electron chi connectivity index (χ1n) is 9.75. The minimum absolute atomic E-state index is 0.0203. The number of fused-ring (bicyclic) bond motifs is 1. The number of aryl methyl sites for hydroxylation is 1. The van der Waals surface area contributed by atoms with E-state index in [9.17, 15) is 4.79 Å². The van der Waals surface area contributed by atoms with E-state index in [0.717, 1.165) is 43.4 Å². The largest absolute Gasteiger partial charge is 0.460 e. The lowest BCUT2D eigenvalue weighted by Crippen LogP contribution is -2.35. The highest BCUT2D eigenvalue weighted by Crippen LogP contribution is 2.31. The first-order chi connectivity index (χ1) is 13.7. The Labute approximate surface area is 163 Å². The summed E-state index contributed by atoms with van der Waals surface area (Å²) in [5.41, 5.74) is 2.44. The number of ether oxygens (including phenoxy) is 1. The monoisotopic (exact) mass is 380 g/mol. The number of carbonyl (C=O) groups excluding carboxylic acids is 1. The van der Waals surface area contributed by atoms with Crippen LogP contribution in [0.5, 0.6) is 0 Å². The smallest absolute Gasteiger partial charge is 0.376 e. The van der Waals surface area contributed by atoms with Crippen molar-refractivity contribution in [3.05, 3.63) is 47.4 Å². The molecule has 1 fully saturated rings. The van der Waals surface area contributed by atoms with E-state index in [-0.39, 0.29) is 12.4 Å². The van der Waals surface area contributed by atoms with Gasteiger partial charge in [0.1, 0.15) is 11.2 Å². The molecule has 1 aliphatic heterocycles. The summed E-state index contributed by atoms with van der Waals surface area (Å²) in [7, 11) is 0. The summed E-state index contributed by atoms with van der Waals surface area (Å²) in [4.78, 5) is 23.1. The van der Waals surface area contributed by atoms with Crippen molar-refractivity contribution in [1.82, 2.24) is 15.1 Å². The number of esters is 1. The van der Waals surface area contributed by atoms with Crippen molar-refractivity contribution < 1.29 is 14.1 Å². The van der Waals surface area contributed by atoms with Gasteiger partial charge in [-0.15, -0.1) is 0 Å². The lowest BCUT2D eigenvalue weighted by molar-refractivity contribution is 0.0512. The van der Waals surface area contributed by atoms with Crippen molar-refractivity contribution in [3.63, 3.8) is 0 Å². The van der Waals surface area contributed by atoms with Crippen LogP contribution < -0.4 is 4.90 Å². The maximum Gasteiger partial charge on any atom is 0.376 e.